The Morgan fingerprint density at radius 2 is 1.92 bits per heavy atom. The molecule has 0 bridgehead atoms. The Balaban J connectivity index is 1.40. The van der Waals surface area contributed by atoms with E-state index in [0.29, 0.717) is 23.8 Å². The van der Waals surface area contributed by atoms with Gasteiger partial charge in [-0.15, -0.1) is 0 Å². The molecule has 1 saturated carbocycles. The third kappa shape index (κ3) is 3.80. The van der Waals surface area contributed by atoms with Crippen LogP contribution in [0, 0.1) is 5.92 Å². The van der Waals surface area contributed by atoms with Gasteiger partial charge in [-0.1, -0.05) is 6.07 Å². The number of aliphatic hydroxyl groups is 1. The Morgan fingerprint density at radius 1 is 1.15 bits per heavy atom. The van der Waals surface area contributed by atoms with Crippen molar-refractivity contribution in [3.05, 3.63) is 53.9 Å². The number of benzene rings is 1. The van der Waals surface area contributed by atoms with Crippen molar-refractivity contribution in [1.29, 1.82) is 0 Å². The fraction of sp³-hybridized carbons (Fsp3) is 0.400. The van der Waals surface area contributed by atoms with E-state index in [4.69, 9.17) is 9.47 Å². The van der Waals surface area contributed by atoms with Crippen molar-refractivity contribution in [2.24, 2.45) is 5.92 Å². The summed E-state index contributed by atoms with van der Waals surface area (Å²) >= 11 is 0. The third-order valence-electron chi connectivity index (χ3n) is 5.07. The number of nitrogens with zero attached hydrogens (tertiary/aromatic N) is 1. The molecule has 1 atom stereocenters. The highest BCUT2D eigenvalue weighted by Gasteiger charge is 2.34. The quantitative estimate of drug-likeness (QED) is 0.828. The molecule has 1 aromatic heterocycles. The largest absolute Gasteiger partial charge is 0.454 e. The van der Waals surface area contributed by atoms with Gasteiger partial charge in [0.15, 0.2) is 11.5 Å². The minimum absolute atomic E-state index is 0.0160. The van der Waals surface area contributed by atoms with Crippen molar-refractivity contribution in [3.8, 4) is 11.5 Å². The molecule has 0 saturated heterocycles. The number of pyridine rings is 1. The van der Waals surface area contributed by atoms with E-state index in [0.717, 1.165) is 30.4 Å². The minimum Gasteiger partial charge on any atom is -0.454 e. The zero-order valence-corrected chi connectivity index (χ0v) is 14.4. The van der Waals surface area contributed by atoms with E-state index in [1.165, 1.54) is 0 Å². The molecule has 6 heteroatoms. The van der Waals surface area contributed by atoms with Gasteiger partial charge in [0.1, 0.15) is 0 Å². The Hall–Kier alpha value is -2.60. The van der Waals surface area contributed by atoms with Crippen molar-refractivity contribution < 1.29 is 19.4 Å². The second kappa shape index (κ2) is 7.33. The van der Waals surface area contributed by atoms with Gasteiger partial charge in [0, 0.05) is 18.4 Å². The van der Waals surface area contributed by atoms with Gasteiger partial charge in [-0.05, 0) is 60.6 Å². The highest BCUT2D eigenvalue weighted by Crippen LogP contribution is 2.33. The molecule has 1 aliphatic carbocycles. The van der Waals surface area contributed by atoms with Crippen LogP contribution < -0.4 is 14.8 Å². The minimum atomic E-state index is -0.245. The third-order valence-corrected chi connectivity index (χ3v) is 5.07. The van der Waals surface area contributed by atoms with Crippen molar-refractivity contribution in [3.63, 3.8) is 0 Å². The summed E-state index contributed by atoms with van der Waals surface area (Å²) in [6.45, 7) is 0.225. The van der Waals surface area contributed by atoms with Crippen LogP contribution in [0.4, 0.5) is 0 Å². The lowest BCUT2D eigenvalue weighted by atomic mass is 9.75. The number of aliphatic hydroxyl groups excluding tert-OH is 1. The van der Waals surface area contributed by atoms with Gasteiger partial charge in [-0.3, -0.25) is 9.78 Å². The summed E-state index contributed by atoms with van der Waals surface area (Å²) in [5, 5.41) is 12.8. The SMILES string of the molecule is O=C(Cc1ccc2c(c1)OCO2)N[C@@H](Cc1ccncc1)C1CC(O)C1. The maximum atomic E-state index is 12.6. The molecule has 1 aromatic carbocycles. The van der Waals surface area contributed by atoms with Gasteiger partial charge in [0.25, 0.3) is 0 Å². The Labute approximate surface area is 152 Å². The van der Waals surface area contributed by atoms with E-state index in [1.54, 1.807) is 12.4 Å². The van der Waals surface area contributed by atoms with Crippen LogP contribution in [0.1, 0.15) is 24.0 Å². The fourth-order valence-corrected chi connectivity index (χ4v) is 3.56. The molecule has 2 heterocycles. The van der Waals surface area contributed by atoms with Gasteiger partial charge >= 0.3 is 0 Å². The Morgan fingerprint density at radius 3 is 2.69 bits per heavy atom. The number of amides is 1. The number of nitrogens with one attached hydrogen (secondary N) is 1. The predicted octanol–water partition coefficient (Wildman–Crippen LogP) is 1.85. The zero-order chi connectivity index (χ0) is 17.9. The number of aromatic nitrogens is 1. The van der Waals surface area contributed by atoms with Crippen LogP contribution in [0.5, 0.6) is 11.5 Å². The molecule has 2 aromatic rings. The lowest BCUT2D eigenvalue weighted by Crippen LogP contribution is -2.48. The molecular formula is C20H22N2O4. The molecule has 26 heavy (non-hydrogen) atoms. The summed E-state index contributed by atoms with van der Waals surface area (Å²) in [6, 6.07) is 9.52. The van der Waals surface area contributed by atoms with Crippen LogP contribution in [0.15, 0.2) is 42.7 Å². The summed E-state index contributed by atoms with van der Waals surface area (Å²) in [5.74, 6) is 1.68. The summed E-state index contributed by atoms with van der Waals surface area (Å²) in [6.07, 6.45) is 5.78. The second-order valence-electron chi connectivity index (χ2n) is 6.98. The fourth-order valence-electron chi connectivity index (χ4n) is 3.56. The van der Waals surface area contributed by atoms with E-state index in [2.05, 4.69) is 10.3 Å². The van der Waals surface area contributed by atoms with Crippen LogP contribution in [0.2, 0.25) is 0 Å². The molecule has 0 radical (unpaired) electrons. The van der Waals surface area contributed by atoms with E-state index in [1.807, 2.05) is 30.3 Å². The van der Waals surface area contributed by atoms with Gasteiger partial charge < -0.3 is 19.9 Å². The van der Waals surface area contributed by atoms with Crippen molar-refractivity contribution in [2.45, 2.75) is 37.8 Å². The van der Waals surface area contributed by atoms with E-state index in [-0.39, 0.29) is 24.8 Å². The average Bonchev–Trinajstić information content (AvgIpc) is 3.07. The number of hydrogen-bond acceptors (Lipinski definition) is 5. The summed E-state index contributed by atoms with van der Waals surface area (Å²) < 4.78 is 10.7. The van der Waals surface area contributed by atoms with Crippen LogP contribution in [0.3, 0.4) is 0 Å². The lowest BCUT2D eigenvalue weighted by Gasteiger charge is -2.38. The molecule has 1 fully saturated rings. The van der Waals surface area contributed by atoms with Crippen LogP contribution in [-0.4, -0.2) is 34.9 Å². The average molecular weight is 354 g/mol. The van der Waals surface area contributed by atoms with Crippen molar-refractivity contribution >= 4 is 5.91 Å². The van der Waals surface area contributed by atoms with Crippen LogP contribution >= 0.6 is 0 Å². The molecular weight excluding hydrogens is 332 g/mol. The lowest BCUT2D eigenvalue weighted by molar-refractivity contribution is -0.122. The Kier molecular flexibility index (Phi) is 4.75. The maximum absolute atomic E-state index is 12.6. The normalized spacial score (nSPS) is 21.7. The van der Waals surface area contributed by atoms with E-state index in [9.17, 15) is 9.90 Å². The molecule has 1 amide bonds. The standard InChI is InChI=1S/C20H22N2O4/c23-16-10-15(11-16)17(7-13-3-5-21-6-4-13)22-20(24)9-14-1-2-18-19(8-14)26-12-25-18/h1-6,8,15-17,23H,7,9-12H2,(H,22,24)/t15?,16?,17-/m0/s1. The number of hydrogen-bond donors (Lipinski definition) is 2. The van der Waals surface area contributed by atoms with Crippen LogP contribution in [-0.2, 0) is 17.6 Å². The maximum Gasteiger partial charge on any atom is 0.231 e. The molecule has 2 N–H and O–H groups in total. The monoisotopic (exact) mass is 354 g/mol. The molecule has 6 nitrogen and oxygen atoms in total. The van der Waals surface area contributed by atoms with E-state index < -0.39 is 0 Å². The number of carbonyl (C=O) groups excluding carboxylic acids is 1. The van der Waals surface area contributed by atoms with Crippen LogP contribution in [0.25, 0.3) is 0 Å². The summed E-state index contributed by atoms with van der Waals surface area (Å²) in [4.78, 5) is 16.6. The second-order valence-corrected chi connectivity index (χ2v) is 6.98. The number of carbonyl (C=O) groups is 1. The molecule has 1 aliphatic heterocycles. The van der Waals surface area contributed by atoms with Crippen molar-refractivity contribution in [1.82, 2.24) is 10.3 Å². The predicted molar refractivity (Wildman–Crippen MR) is 94.9 cm³/mol. The highest BCUT2D eigenvalue weighted by atomic mass is 16.7. The molecule has 4 rings (SSSR count). The highest BCUT2D eigenvalue weighted by molar-refractivity contribution is 5.79. The van der Waals surface area contributed by atoms with Gasteiger partial charge in [0.05, 0.1) is 12.5 Å². The first kappa shape index (κ1) is 16.8. The summed E-state index contributed by atoms with van der Waals surface area (Å²) in [7, 11) is 0. The number of fused-ring (bicyclic) bond motifs is 1. The van der Waals surface area contributed by atoms with E-state index >= 15 is 0 Å². The first-order valence-corrected chi connectivity index (χ1v) is 8.92. The number of rotatable bonds is 6. The molecule has 0 spiro atoms. The molecule has 0 unspecified atom stereocenters. The first-order valence-electron chi connectivity index (χ1n) is 8.92. The summed E-state index contributed by atoms with van der Waals surface area (Å²) in [5.41, 5.74) is 2.03. The van der Waals surface area contributed by atoms with Gasteiger partial charge in [0.2, 0.25) is 12.7 Å². The molecule has 136 valence electrons. The van der Waals surface area contributed by atoms with Gasteiger partial charge in [-0.25, -0.2) is 0 Å². The Bertz CT molecular complexity index is 775. The zero-order valence-electron chi connectivity index (χ0n) is 14.4. The molecule has 2 aliphatic rings. The topological polar surface area (TPSA) is 80.7 Å². The first-order chi connectivity index (χ1) is 12.7. The smallest absolute Gasteiger partial charge is 0.231 e. The van der Waals surface area contributed by atoms with Crippen molar-refractivity contribution in [2.75, 3.05) is 6.79 Å². The van der Waals surface area contributed by atoms with Gasteiger partial charge in [-0.2, -0.15) is 0 Å². The number of ether oxygens (including phenoxy) is 2.